The van der Waals surface area contributed by atoms with Crippen LogP contribution < -0.4 is 4.74 Å². The Bertz CT molecular complexity index is 837. The van der Waals surface area contributed by atoms with E-state index in [0.29, 0.717) is 23.3 Å². The van der Waals surface area contributed by atoms with Crippen LogP contribution in [-0.4, -0.2) is 29.5 Å². The molecular formula is C19H15NO5. The largest absolute Gasteiger partial charge is 0.492 e. The Morgan fingerprint density at radius 1 is 0.960 bits per heavy atom. The summed E-state index contributed by atoms with van der Waals surface area (Å²) in [6.45, 7) is 0.539. The predicted molar refractivity (Wildman–Crippen MR) is 87.0 cm³/mol. The Labute approximate surface area is 143 Å². The van der Waals surface area contributed by atoms with Gasteiger partial charge in [0.25, 0.3) is 11.8 Å². The molecule has 0 spiro atoms. The van der Waals surface area contributed by atoms with Crippen molar-refractivity contribution < 1.29 is 24.0 Å². The highest BCUT2D eigenvalue weighted by Crippen LogP contribution is 2.31. The Balaban J connectivity index is 1.53. The van der Waals surface area contributed by atoms with Crippen LogP contribution in [0.3, 0.4) is 0 Å². The van der Waals surface area contributed by atoms with Crippen molar-refractivity contribution in [2.45, 2.75) is 12.8 Å². The van der Waals surface area contributed by atoms with Crippen molar-refractivity contribution >= 4 is 17.8 Å². The summed E-state index contributed by atoms with van der Waals surface area (Å²) < 4.78 is 5.67. The number of para-hydroxylation sites is 1. The van der Waals surface area contributed by atoms with Crippen LogP contribution in [0.15, 0.2) is 48.5 Å². The van der Waals surface area contributed by atoms with Crippen molar-refractivity contribution in [3.05, 3.63) is 65.2 Å². The minimum Gasteiger partial charge on any atom is -0.492 e. The third-order valence-electron chi connectivity index (χ3n) is 4.21. The molecule has 4 rings (SSSR count). The van der Waals surface area contributed by atoms with E-state index >= 15 is 0 Å². The molecule has 6 nitrogen and oxygen atoms in total. The molecule has 1 aliphatic heterocycles. The minimum absolute atomic E-state index is 0.180. The van der Waals surface area contributed by atoms with Gasteiger partial charge in [-0.25, -0.2) is 4.79 Å². The Morgan fingerprint density at radius 2 is 1.56 bits per heavy atom. The molecule has 25 heavy (non-hydrogen) atoms. The van der Waals surface area contributed by atoms with Crippen LogP contribution in [-0.2, 0) is 4.84 Å². The van der Waals surface area contributed by atoms with E-state index in [2.05, 4.69) is 0 Å². The van der Waals surface area contributed by atoms with E-state index in [1.165, 1.54) is 12.1 Å². The van der Waals surface area contributed by atoms with E-state index in [1.54, 1.807) is 36.4 Å². The highest BCUT2D eigenvalue weighted by atomic mass is 16.7. The number of ether oxygens (including phenoxy) is 1. The molecule has 0 N–H and O–H groups in total. The van der Waals surface area contributed by atoms with E-state index in [9.17, 15) is 14.4 Å². The number of rotatable bonds is 5. The number of hydrogen-bond acceptors (Lipinski definition) is 5. The van der Waals surface area contributed by atoms with Crippen molar-refractivity contribution in [3.8, 4) is 5.75 Å². The number of carbonyl (C=O) groups excluding carboxylic acids is 3. The first-order chi connectivity index (χ1) is 12.1. The standard InChI is InChI=1S/C19H15NO5/c21-17-13-5-1-2-6-14(13)18(22)20(17)25-19(23)15-7-3-4-8-16(15)24-11-12-9-10-12/h1-8,12H,9-11H2. The van der Waals surface area contributed by atoms with Gasteiger partial charge in [0.2, 0.25) is 0 Å². The average molecular weight is 337 g/mol. The molecule has 0 saturated heterocycles. The molecule has 2 amide bonds. The SMILES string of the molecule is O=C(ON1C(=O)c2ccccc2C1=O)c1ccccc1OCC1CC1. The zero-order chi connectivity index (χ0) is 17.4. The first-order valence-electron chi connectivity index (χ1n) is 8.07. The van der Waals surface area contributed by atoms with Crippen LogP contribution in [0.1, 0.15) is 43.9 Å². The van der Waals surface area contributed by atoms with Crippen molar-refractivity contribution in [1.82, 2.24) is 5.06 Å². The average Bonchev–Trinajstić information content (AvgIpc) is 3.44. The normalized spacial score (nSPS) is 15.9. The monoisotopic (exact) mass is 337 g/mol. The quantitative estimate of drug-likeness (QED) is 0.785. The number of fused-ring (bicyclic) bond motifs is 1. The Morgan fingerprint density at radius 3 is 2.20 bits per heavy atom. The van der Waals surface area contributed by atoms with Crippen LogP contribution in [0.4, 0.5) is 0 Å². The summed E-state index contributed by atoms with van der Waals surface area (Å²) in [6.07, 6.45) is 2.25. The van der Waals surface area contributed by atoms with Gasteiger partial charge in [-0.3, -0.25) is 9.59 Å². The van der Waals surface area contributed by atoms with E-state index in [1.807, 2.05) is 0 Å². The Hall–Kier alpha value is -3.15. The van der Waals surface area contributed by atoms with E-state index in [-0.39, 0.29) is 16.7 Å². The second kappa shape index (κ2) is 6.05. The van der Waals surface area contributed by atoms with Gasteiger partial charge in [0.1, 0.15) is 11.3 Å². The van der Waals surface area contributed by atoms with Crippen LogP contribution in [0.2, 0.25) is 0 Å². The number of amides is 2. The fourth-order valence-corrected chi connectivity index (χ4v) is 2.64. The zero-order valence-electron chi connectivity index (χ0n) is 13.3. The molecule has 1 heterocycles. The summed E-state index contributed by atoms with van der Waals surface area (Å²) in [5.41, 5.74) is 0.622. The summed E-state index contributed by atoms with van der Waals surface area (Å²) in [5, 5.41) is 0.505. The number of carbonyl (C=O) groups is 3. The smallest absolute Gasteiger partial charge is 0.367 e. The summed E-state index contributed by atoms with van der Waals surface area (Å²) in [5.74, 6) is -1.19. The lowest BCUT2D eigenvalue weighted by atomic mass is 10.1. The highest BCUT2D eigenvalue weighted by Gasteiger charge is 2.39. The van der Waals surface area contributed by atoms with E-state index in [4.69, 9.17) is 9.57 Å². The summed E-state index contributed by atoms with van der Waals surface area (Å²) in [7, 11) is 0. The first-order valence-corrected chi connectivity index (χ1v) is 8.07. The number of imide groups is 1. The van der Waals surface area contributed by atoms with Gasteiger partial charge in [-0.05, 0) is 43.0 Å². The van der Waals surface area contributed by atoms with E-state index in [0.717, 1.165) is 12.8 Å². The van der Waals surface area contributed by atoms with Gasteiger partial charge in [-0.1, -0.05) is 29.3 Å². The van der Waals surface area contributed by atoms with Crippen LogP contribution >= 0.6 is 0 Å². The maximum Gasteiger partial charge on any atom is 0.367 e. The van der Waals surface area contributed by atoms with Gasteiger partial charge < -0.3 is 9.57 Å². The molecule has 0 aromatic heterocycles. The molecule has 1 fully saturated rings. The molecular weight excluding hydrogens is 322 g/mol. The molecule has 126 valence electrons. The summed E-state index contributed by atoms with van der Waals surface area (Å²) in [6, 6.07) is 13.0. The lowest BCUT2D eigenvalue weighted by Crippen LogP contribution is -2.32. The third-order valence-corrected chi connectivity index (χ3v) is 4.21. The molecule has 0 atom stereocenters. The number of benzene rings is 2. The van der Waals surface area contributed by atoms with Crippen LogP contribution in [0.5, 0.6) is 5.75 Å². The van der Waals surface area contributed by atoms with Gasteiger partial charge in [0.05, 0.1) is 17.7 Å². The fraction of sp³-hybridized carbons (Fsp3) is 0.211. The molecule has 1 aliphatic carbocycles. The maximum atomic E-state index is 12.5. The van der Waals surface area contributed by atoms with Crippen molar-refractivity contribution in [3.63, 3.8) is 0 Å². The lowest BCUT2D eigenvalue weighted by Gasteiger charge is -2.14. The highest BCUT2D eigenvalue weighted by molar-refractivity contribution is 6.21. The van der Waals surface area contributed by atoms with Crippen molar-refractivity contribution in [2.24, 2.45) is 5.92 Å². The van der Waals surface area contributed by atoms with Gasteiger partial charge in [-0.2, -0.15) is 0 Å². The lowest BCUT2D eigenvalue weighted by molar-refractivity contribution is -0.0586. The first kappa shape index (κ1) is 15.4. The number of nitrogens with zero attached hydrogens (tertiary/aromatic N) is 1. The van der Waals surface area contributed by atoms with Crippen LogP contribution in [0.25, 0.3) is 0 Å². The third kappa shape index (κ3) is 2.87. The number of hydrogen-bond donors (Lipinski definition) is 0. The number of hydroxylamine groups is 2. The molecule has 6 heteroatoms. The summed E-state index contributed by atoms with van der Waals surface area (Å²) in [4.78, 5) is 42.1. The molecule has 0 radical (unpaired) electrons. The fourth-order valence-electron chi connectivity index (χ4n) is 2.64. The molecule has 2 aromatic carbocycles. The molecule has 2 aliphatic rings. The van der Waals surface area contributed by atoms with Gasteiger partial charge >= 0.3 is 5.97 Å². The van der Waals surface area contributed by atoms with Gasteiger partial charge in [0.15, 0.2) is 0 Å². The van der Waals surface area contributed by atoms with Gasteiger partial charge in [0, 0.05) is 0 Å². The topological polar surface area (TPSA) is 72.9 Å². The molecule has 0 unspecified atom stereocenters. The second-order valence-electron chi connectivity index (χ2n) is 6.08. The second-order valence-corrected chi connectivity index (χ2v) is 6.08. The summed E-state index contributed by atoms with van der Waals surface area (Å²) >= 11 is 0. The van der Waals surface area contributed by atoms with Gasteiger partial charge in [-0.15, -0.1) is 0 Å². The van der Waals surface area contributed by atoms with E-state index < -0.39 is 17.8 Å². The molecule has 2 aromatic rings. The minimum atomic E-state index is -0.805. The van der Waals surface area contributed by atoms with Crippen molar-refractivity contribution in [2.75, 3.05) is 6.61 Å². The van der Waals surface area contributed by atoms with Crippen molar-refractivity contribution in [1.29, 1.82) is 0 Å². The maximum absolute atomic E-state index is 12.5. The predicted octanol–water partition coefficient (Wildman–Crippen LogP) is 2.84. The van der Waals surface area contributed by atoms with Crippen LogP contribution in [0, 0.1) is 5.92 Å². The molecule has 1 saturated carbocycles. The Kier molecular flexibility index (Phi) is 3.72. The zero-order valence-corrected chi connectivity index (χ0v) is 13.3. The molecule has 0 bridgehead atoms.